The van der Waals surface area contributed by atoms with Crippen LogP contribution >= 0.6 is 11.3 Å². The van der Waals surface area contributed by atoms with Gasteiger partial charge in [0, 0.05) is 23.1 Å². The molecule has 1 aromatic heterocycles. The van der Waals surface area contributed by atoms with E-state index in [-0.39, 0.29) is 23.8 Å². The van der Waals surface area contributed by atoms with Gasteiger partial charge in [0.25, 0.3) is 5.91 Å². The van der Waals surface area contributed by atoms with E-state index in [0.717, 1.165) is 5.69 Å². The van der Waals surface area contributed by atoms with E-state index in [9.17, 15) is 9.90 Å². The van der Waals surface area contributed by atoms with Gasteiger partial charge >= 0.3 is 0 Å². The number of benzene rings is 1. The molecule has 2 N–H and O–H groups in total. The molecule has 2 atom stereocenters. The van der Waals surface area contributed by atoms with Crippen LogP contribution in [-0.2, 0) is 16.1 Å². The smallest absolute Gasteiger partial charge is 0.251 e. The summed E-state index contributed by atoms with van der Waals surface area (Å²) in [4.78, 5) is 16.7. The van der Waals surface area contributed by atoms with Crippen molar-refractivity contribution >= 4 is 17.2 Å². The summed E-state index contributed by atoms with van der Waals surface area (Å²) in [6.45, 7) is 3.15. The lowest BCUT2D eigenvalue weighted by molar-refractivity contribution is -0.0742. The zero-order valence-corrected chi connectivity index (χ0v) is 14.2. The summed E-state index contributed by atoms with van der Waals surface area (Å²) in [7, 11) is 0. The number of phenols is 1. The number of rotatable bonds is 5. The number of nitrogens with one attached hydrogen (secondary N) is 1. The molecule has 1 saturated heterocycles. The van der Waals surface area contributed by atoms with Crippen LogP contribution in [0.25, 0.3) is 0 Å². The maximum absolute atomic E-state index is 12.5. The highest BCUT2D eigenvalue weighted by Crippen LogP contribution is 2.20. The third kappa shape index (κ3) is 3.92. The van der Waals surface area contributed by atoms with E-state index in [4.69, 9.17) is 9.47 Å². The maximum Gasteiger partial charge on any atom is 0.251 e. The van der Waals surface area contributed by atoms with Crippen molar-refractivity contribution in [3.8, 4) is 5.75 Å². The molecule has 128 valence electrons. The average Bonchev–Trinajstić information content (AvgIpc) is 3.10. The molecule has 0 aliphatic carbocycles. The topological polar surface area (TPSA) is 80.7 Å². The van der Waals surface area contributed by atoms with Crippen LogP contribution in [-0.4, -0.2) is 41.4 Å². The van der Waals surface area contributed by atoms with E-state index in [1.807, 2.05) is 5.38 Å². The predicted molar refractivity (Wildman–Crippen MR) is 90.2 cm³/mol. The predicted octanol–water partition coefficient (Wildman–Crippen LogP) is 2.26. The molecule has 2 heterocycles. The SMILES string of the molecule is Cc1c(O)cccc1C(=O)N[C@@H]1CCOC[C@H]1OCc1cscn1. The highest BCUT2D eigenvalue weighted by atomic mass is 32.1. The van der Waals surface area contributed by atoms with Gasteiger partial charge in [0.05, 0.1) is 30.5 Å². The minimum absolute atomic E-state index is 0.117. The summed E-state index contributed by atoms with van der Waals surface area (Å²) in [5.74, 6) is -0.0940. The van der Waals surface area contributed by atoms with E-state index in [0.29, 0.717) is 37.4 Å². The number of amides is 1. The van der Waals surface area contributed by atoms with Gasteiger partial charge in [-0.05, 0) is 25.5 Å². The Morgan fingerprint density at radius 2 is 2.42 bits per heavy atom. The van der Waals surface area contributed by atoms with Gasteiger partial charge in [0.2, 0.25) is 0 Å². The normalized spacial score (nSPS) is 20.7. The molecular formula is C17H20N2O4S. The fraction of sp³-hybridized carbons (Fsp3) is 0.412. The zero-order chi connectivity index (χ0) is 16.9. The van der Waals surface area contributed by atoms with Gasteiger partial charge in [-0.2, -0.15) is 0 Å². The molecule has 2 aromatic rings. The van der Waals surface area contributed by atoms with Crippen molar-refractivity contribution in [2.45, 2.75) is 32.1 Å². The van der Waals surface area contributed by atoms with E-state index < -0.39 is 0 Å². The summed E-state index contributed by atoms with van der Waals surface area (Å²) in [6, 6.07) is 4.80. The van der Waals surface area contributed by atoms with E-state index in [2.05, 4.69) is 10.3 Å². The van der Waals surface area contributed by atoms with E-state index in [1.165, 1.54) is 11.3 Å². The van der Waals surface area contributed by atoms with Crippen LogP contribution in [0.1, 0.15) is 28.0 Å². The number of carbonyl (C=O) groups is 1. The zero-order valence-electron chi connectivity index (χ0n) is 13.4. The van der Waals surface area contributed by atoms with Crippen molar-refractivity contribution < 1.29 is 19.4 Å². The molecule has 7 heteroatoms. The Labute approximate surface area is 144 Å². The molecule has 0 bridgehead atoms. The molecule has 0 spiro atoms. The Hall–Kier alpha value is -1.96. The fourth-order valence-electron chi connectivity index (χ4n) is 2.66. The number of aromatic nitrogens is 1. The molecule has 6 nitrogen and oxygen atoms in total. The largest absolute Gasteiger partial charge is 0.508 e. The number of aromatic hydroxyl groups is 1. The van der Waals surface area contributed by atoms with Gasteiger partial charge in [-0.15, -0.1) is 11.3 Å². The van der Waals surface area contributed by atoms with Crippen molar-refractivity contribution in [2.24, 2.45) is 0 Å². The standard InChI is InChI=1S/C17H20N2O4S/c1-11-13(3-2-4-15(11)20)17(21)19-14-5-6-22-8-16(14)23-7-12-9-24-10-18-12/h2-4,9-10,14,16,20H,5-8H2,1H3,(H,19,21)/t14-,16-/m1/s1. The van der Waals surface area contributed by atoms with Crippen LogP contribution in [0.4, 0.5) is 0 Å². The van der Waals surface area contributed by atoms with Crippen LogP contribution in [0.3, 0.4) is 0 Å². The molecule has 24 heavy (non-hydrogen) atoms. The Morgan fingerprint density at radius 3 is 3.21 bits per heavy atom. The lowest BCUT2D eigenvalue weighted by atomic mass is 10.0. The lowest BCUT2D eigenvalue weighted by Gasteiger charge is -2.32. The van der Waals surface area contributed by atoms with Crippen molar-refractivity contribution in [3.05, 3.63) is 45.9 Å². The number of ether oxygens (including phenoxy) is 2. The van der Waals surface area contributed by atoms with Gasteiger partial charge in [-0.3, -0.25) is 4.79 Å². The molecule has 0 saturated carbocycles. The van der Waals surface area contributed by atoms with Crippen LogP contribution in [0, 0.1) is 6.92 Å². The van der Waals surface area contributed by atoms with Gasteiger partial charge in [0.15, 0.2) is 0 Å². The average molecular weight is 348 g/mol. The third-order valence-electron chi connectivity index (χ3n) is 4.10. The summed E-state index contributed by atoms with van der Waals surface area (Å²) >= 11 is 1.52. The number of phenolic OH excluding ortho intramolecular Hbond substituents is 1. The number of hydrogen-bond acceptors (Lipinski definition) is 6. The van der Waals surface area contributed by atoms with E-state index >= 15 is 0 Å². The van der Waals surface area contributed by atoms with E-state index in [1.54, 1.807) is 30.6 Å². The first kappa shape index (κ1) is 16.9. The Balaban J connectivity index is 1.64. The first-order chi connectivity index (χ1) is 11.6. The second-order valence-corrected chi connectivity index (χ2v) is 6.44. The van der Waals surface area contributed by atoms with Crippen molar-refractivity contribution in [2.75, 3.05) is 13.2 Å². The fourth-order valence-corrected chi connectivity index (χ4v) is 3.20. The molecule has 1 aromatic carbocycles. The Morgan fingerprint density at radius 1 is 1.54 bits per heavy atom. The number of hydrogen-bond donors (Lipinski definition) is 2. The molecule has 1 aliphatic heterocycles. The molecule has 1 amide bonds. The highest BCUT2D eigenvalue weighted by Gasteiger charge is 2.29. The number of thiazole rings is 1. The molecular weight excluding hydrogens is 328 g/mol. The minimum atomic E-state index is -0.220. The van der Waals surface area contributed by atoms with Crippen LogP contribution < -0.4 is 5.32 Å². The molecule has 0 radical (unpaired) electrons. The van der Waals surface area contributed by atoms with Crippen molar-refractivity contribution in [3.63, 3.8) is 0 Å². The van der Waals surface area contributed by atoms with Crippen LogP contribution in [0.5, 0.6) is 5.75 Å². The first-order valence-electron chi connectivity index (χ1n) is 7.81. The van der Waals surface area contributed by atoms with Crippen molar-refractivity contribution in [1.29, 1.82) is 0 Å². The maximum atomic E-state index is 12.5. The summed E-state index contributed by atoms with van der Waals surface area (Å²) < 4.78 is 11.4. The second-order valence-electron chi connectivity index (χ2n) is 5.72. The first-order valence-corrected chi connectivity index (χ1v) is 8.75. The molecule has 1 fully saturated rings. The lowest BCUT2D eigenvalue weighted by Crippen LogP contribution is -2.50. The van der Waals surface area contributed by atoms with Gasteiger partial charge in [-0.25, -0.2) is 4.98 Å². The molecule has 1 aliphatic rings. The van der Waals surface area contributed by atoms with Crippen LogP contribution in [0.2, 0.25) is 0 Å². The van der Waals surface area contributed by atoms with Gasteiger partial charge < -0.3 is 19.9 Å². The van der Waals surface area contributed by atoms with Crippen molar-refractivity contribution in [1.82, 2.24) is 10.3 Å². The Kier molecular flexibility index (Phi) is 5.44. The third-order valence-corrected chi connectivity index (χ3v) is 4.73. The second kappa shape index (κ2) is 7.74. The monoisotopic (exact) mass is 348 g/mol. The van der Waals surface area contributed by atoms with Gasteiger partial charge in [0.1, 0.15) is 11.9 Å². The quantitative estimate of drug-likeness (QED) is 0.866. The molecule has 0 unspecified atom stereocenters. The summed E-state index contributed by atoms with van der Waals surface area (Å²) in [5, 5.41) is 14.7. The molecule has 3 rings (SSSR count). The number of nitrogens with zero attached hydrogens (tertiary/aromatic N) is 1. The summed E-state index contributed by atoms with van der Waals surface area (Å²) in [6.07, 6.45) is 0.465. The van der Waals surface area contributed by atoms with Crippen LogP contribution in [0.15, 0.2) is 29.1 Å². The number of carbonyl (C=O) groups excluding carboxylic acids is 1. The highest BCUT2D eigenvalue weighted by molar-refractivity contribution is 7.07. The minimum Gasteiger partial charge on any atom is -0.508 e. The Bertz CT molecular complexity index is 690. The summed E-state index contributed by atoms with van der Waals surface area (Å²) in [5.41, 5.74) is 3.68. The van der Waals surface area contributed by atoms with Gasteiger partial charge in [-0.1, -0.05) is 6.07 Å².